The van der Waals surface area contributed by atoms with Crippen molar-refractivity contribution in [1.82, 2.24) is 0 Å². The molecule has 1 heteroatoms. The molecule has 0 heterocycles. The molecule has 0 saturated carbocycles. The zero-order chi connectivity index (χ0) is 12.4. The molecule has 1 nitrogen and oxygen atoms in total. The topological polar surface area (TPSA) is 26.0 Å². The van der Waals surface area contributed by atoms with Crippen molar-refractivity contribution in [2.24, 2.45) is 11.7 Å². The molecule has 16 heavy (non-hydrogen) atoms. The number of hydrogen-bond acceptors (Lipinski definition) is 1. The fourth-order valence-corrected chi connectivity index (χ4v) is 2.25. The molecule has 0 aromatic rings. The van der Waals surface area contributed by atoms with E-state index in [1.807, 2.05) is 18.2 Å². The van der Waals surface area contributed by atoms with Crippen LogP contribution in [0.3, 0.4) is 0 Å². The maximum absolute atomic E-state index is 6.50. The summed E-state index contributed by atoms with van der Waals surface area (Å²) in [6, 6.07) is 0. The lowest BCUT2D eigenvalue weighted by Crippen LogP contribution is -2.46. The van der Waals surface area contributed by atoms with Crippen molar-refractivity contribution in [3.8, 4) is 0 Å². The van der Waals surface area contributed by atoms with E-state index in [2.05, 4.69) is 26.7 Å². The third kappa shape index (κ3) is 4.80. The van der Waals surface area contributed by atoms with Crippen LogP contribution in [0.1, 0.15) is 45.4 Å². The Morgan fingerprint density at radius 3 is 2.06 bits per heavy atom. The molecule has 1 unspecified atom stereocenters. The van der Waals surface area contributed by atoms with Crippen LogP contribution >= 0.6 is 0 Å². The predicted molar refractivity (Wildman–Crippen MR) is 74.4 cm³/mol. The lowest BCUT2D eigenvalue weighted by Gasteiger charge is -2.36. The van der Waals surface area contributed by atoms with E-state index in [4.69, 9.17) is 5.73 Å². The van der Waals surface area contributed by atoms with Crippen molar-refractivity contribution in [1.29, 1.82) is 0 Å². The zero-order valence-electron chi connectivity index (χ0n) is 10.8. The Morgan fingerprint density at radius 1 is 1.12 bits per heavy atom. The maximum Gasteiger partial charge on any atom is 0.0255 e. The summed E-state index contributed by atoms with van der Waals surface area (Å²) in [6.45, 7) is 13.7. The van der Waals surface area contributed by atoms with Gasteiger partial charge in [-0.1, -0.05) is 38.0 Å². The lowest BCUT2D eigenvalue weighted by atomic mass is 9.75. The number of hydrogen-bond donors (Lipinski definition) is 1. The van der Waals surface area contributed by atoms with E-state index in [1.54, 1.807) is 0 Å². The van der Waals surface area contributed by atoms with Crippen molar-refractivity contribution in [2.75, 3.05) is 0 Å². The fraction of sp³-hybridized carbons (Fsp3) is 0.600. The van der Waals surface area contributed by atoms with E-state index in [1.165, 1.54) is 19.3 Å². The molecule has 0 radical (unpaired) electrons. The Morgan fingerprint density at radius 2 is 1.69 bits per heavy atom. The standard InChI is InChI=1S/C15H27N/c1-5-9-11-14(10-6-2)15(16,12-7-3)13-8-4/h6-8,14H,2-5,9-13,16H2,1H3. The summed E-state index contributed by atoms with van der Waals surface area (Å²) in [5.41, 5.74) is 6.31. The van der Waals surface area contributed by atoms with Crippen LogP contribution in [0, 0.1) is 5.92 Å². The first-order valence-electron chi connectivity index (χ1n) is 6.26. The molecule has 0 aliphatic rings. The highest BCUT2D eigenvalue weighted by Gasteiger charge is 2.31. The highest BCUT2D eigenvalue weighted by Crippen LogP contribution is 2.31. The molecule has 0 bridgehead atoms. The summed E-state index contributed by atoms with van der Waals surface area (Å²) in [6.07, 6.45) is 12.1. The highest BCUT2D eigenvalue weighted by atomic mass is 14.8. The second-order valence-electron chi connectivity index (χ2n) is 4.58. The van der Waals surface area contributed by atoms with Crippen molar-refractivity contribution in [3.05, 3.63) is 38.0 Å². The van der Waals surface area contributed by atoms with Gasteiger partial charge in [0.2, 0.25) is 0 Å². The monoisotopic (exact) mass is 221 g/mol. The van der Waals surface area contributed by atoms with Gasteiger partial charge in [-0.15, -0.1) is 19.7 Å². The van der Waals surface area contributed by atoms with E-state index in [0.717, 1.165) is 19.3 Å². The Balaban J connectivity index is 4.67. The second-order valence-corrected chi connectivity index (χ2v) is 4.58. The van der Waals surface area contributed by atoms with Gasteiger partial charge in [0.25, 0.3) is 0 Å². The Kier molecular flexibility index (Phi) is 7.92. The van der Waals surface area contributed by atoms with Gasteiger partial charge >= 0.3 is 0 Å². The van der Waals surface area contributed by atoms with E-state index in [9.17, 15) is 0 Å². The van der Waals surface area contributed by atoms with Crippen molar-refractivity contribution >= 4 is 0 Å². The van der Waals surface area contributed by atoms with Gasteiger partial charge in [-0.2, -0.15) is 0 Å². The number of rotatable bonds is 10. The average molecular weight is 221 g/mol. The van der Waals surface area contributed by atoms with Crippen molar-refractivity contribution in [2.45, 2.75) is 51.0 Å². The minimum Gasteiger partial charge on any atom is -0.324 e. The van der Waals surface area contributed by atoms with Gasteiger partial charge in [-0.05, 0) is 31.6 Å². The van der Waals surface area contributed by atoms with Crippen LogP contribution in [-0.4, -0.2) is 5.54 Å². The highest BCUT2D eigenvalue weighted by molar-refractivity contribution is 5.01. The lowest BCUT2D eigenvalue weighted by molar-refractivity contribution is 0.254. The van der Waals surface area contributed by atoms with Gasteiger partial charge in [-0.25, -0.2) is 0 Å². The van der Waals surface area contributed by atoms with Crippen LogP contribution in [0.2, 0.25) is 0 Å². The Bertz CT molecular complexity index is 207. The quantitative estimate of drug-likeness (QED) is 0.549. The summed E-state index contributed by atoms with van der Waals surface area (Å²) in [4.78, 5) is 0. The Labute approximate surface area is 101 Å². The van der Waals surface area contributed by atoms with Gasteiger partial charge in [0, 0.05) is 5.54 Å². The minimum atomic E-state index is -0.188. The number of allylic oxidation sites excluding steroid dienone is 1. The van der Waals surface area contributed by atoms with Crippen LogP contribution < -0.4 is 5.73 Å². The van der Waals surface area contributed by atoms with Gasteiger partial charge in [0.1, 0.15) is 0 Å². The Hall–Kier alpha value is -0.820. The number of nitrogens with two attached hydrogens (primary N) is 1. The molecule has 2 N–H and O–H groups in total. The molecule has 0 amide bonds. The van der Waals surface area contributed by atoms with E-state index >= 15 is 0 Å². The number of unbranched alkanes of at least 4 members (excludes halogenated alkanes) is 1. The molecule has 0 saturated heterocycles. The minimum absolute atomic E-state index is 0.188. The van der Waals surface area contributed by atoms with Crippen molar-refractivity contribution < 1.29 is 0 Å². The van der Waals surface area contributed by atoms with Crippen LogP contribution in [0.4, 0.5) is 0 Å². The van der Waals surface area contributed by atoms with Gasteiger partial charge in [0.15, 0.2) is 0 Å². The van der Waals surface area contributed by atoms with E-state index < -0.39 is 0 Å². The molecule has 0 aliphatic carbocycles. The molecule has 0 aromatic heterocycles. The van der Waals surface area contributed by atoms with Crippen LogP contribution in [0.15, 0.2) is 38.0 Å². The van der Waals surface area contributed by atoms with Crippen LogP contribution in [0.5, 0.6) is 0 Å². The second kappa shape index (κ2) is 8.35. The first kappa shape index (κ1) is 15.2. The normalized spacial score (nSPS) is 13.1. The largest absolute Gasteiger partial charge is 0.324 e. The van der Waals surface area contributed by atoms with E-state index in [0.29, 0.717) is 5.92 Å². The maximum atomic E-state index is 6.50. The smallest absolute Gasteiger partial charge is 0.0255 e. The zero-order valence-corrected chi connectivity index (χ0v) is 10.8. The molecule has 92 valence electrons. The van der Waals surface area contributed by atoms with Gasteiger partial charge in [0.05, 0.1) is 0 Å². The molecular weight excluding hydrogens is 194 g/mol. The molecule has 0 spiro atoms. The predicted octanol–water partition coefficient (Wildman–Crippen LogP) is 4.22. The summed E-state index contributed by atoms with van der Waals surface area (Å²) in [5.74, 6) is 0.487. The van der Waals surface area contributed by atoms with Gasteiger partial charge in [-0.3, -0.25) is 0 Å². The van der Waals surface area contributed by atoms with Crippen LogP contribution in [0.25, 0.3) is 0 Å². The first-order chi connectivity index (χ1) is 7.64. The average Bonchev–Trinajstić information content (AvgIpc) is 2.24. The van der Waals surface area contributed by atoms with Gasteiger partial charge < -0.3 is 5.73 Å². The first-order valence-corrected chi connectivity index (χ1v) is 6.26. The molecule has 0 fully saturated rings. The van der Waals surface area contributed by atoms with Crippen molar-refractivity contribution in [3.63, 3.8) is 0 Å². The SMILES string of the molecule is C=CCC(CCCC)C(N)(CC=C)CC=C. The third-order valence-corrected chi connectivity index (χ3v) is 3.22. The summed E-state index contributed by atoms with van der Waals surface area (Å²) < 4.78 is 0. The summed E-state index contributed by atoms with van der Waals surface area (Å²) in [5, 5.41) is 0. The molecule has 1 atom stereocenters. The van der Waals surface area contributed by atoms with E-state index in [-0.39, 0.29) is 5.54 Å². The summed E-state index contributed by atoms with van der Waals surface area (Å²) in [7, 11) is 0. The molecule has 0 aromatic carbocycles. The molecule has 0 aliphatic heterocycles. The molecule has 0 rings (SSSR count). The third-order valence-electron chi connectivity index (χ3n) is 3.22. The fourth-order valence-electron chi connectivity index (χ4n) is 2.25. The summed E-state index contributed by atoms with van der Waals surface area (Å²) >= 11 is 0. The molecular formula is C15H27N. The van der Waals surface area contributed by atoms with Crippen LogP contribution in [-0.2, 0) is 0 Å².